The molecule has 0 heterocycles. The second-order valence-electron chi connectivity index (χ2n) is 8.08. The zero-order valence-electron chi connectivity index (χ0n) is 16.5. The molecular formula is C21H30BrNO2Si. The van der Waals surface area contributed by atoms with Crippen LogP contribution in [0.2, 0.25) is 13.1 Å². The van der Waals surface area contributed by atoms with Crippen molar-refractivity contribution in [2.75, 3.05) is 0 Å². The van der Waals surface area contributed by atoms with E-state index in [4.69, 9.17) is 14.9 Å². The van der Waals surface area contributed by atoms with Crippen LogP contribution in [-0.2, 0) is 4.43 Å². The molecule has 0 saturated heterocycles. The van der Waals surface area contributed by atoms with Gasteiger partial charge in [-0.3, -0.25) is 0 Å². The third-order valence-corrected chi connectivity index (χ3v) is 5.50. The summed E-state index contributed by atoms with van der Waals surface area (Å²) in [6.07, 6.45) is 0.0571. The van der Waals surface area contributed by atoms with Crippen LogP contribution in [0, 0.1) is 5.41 Å². The monoisotopic (exact) mass is 435 g/mol. The van der Waals surface area contributed by atoms with Crippen LogP contribution in [0.4, 0.5) is 0 Å². The molecule has 26 heavy (non-hydrogen) atoms. The van der Waals surface area contributed by atoms with Gasteiger partial charge in [-0.2, -0.15) is 0 Å². The van der Waals surface area contributed by atoms with Gasteiger partial charge in [0, 0.05) is 6.04 Å². The summed E-state index contributed by atoms with van der Waals surface area (Å²) >= 11 is 3.59. The zero-order chi connectivity index (χ0) is 19.5. The lowest BCUT2D eigenvalue weighted by Crippen LogP contribution is -2.25. The topological polar surface area (TPSA) is 44.5 Å². The average molecular weight is 436 g/mol. The van der Waals surface area contributed by atoms with Crippen molar-refractivity contribution in [3.8, 4) is 11.5 Å². The molecule has 0 aliphatic carbocycles. The first-order chi connectivity index (χ1) is 12.1. The fourth-order valence-electron chi connectivity index (χ4n) is 2.81. The van der Waals surface area contributed by atoms with E-state index in [1.807, 2.05) is 37.3 Å². The highest BCUT2D eigenvalue weighted by Crippen LogP contribution is 2.39. The molecule has 0 aliphatic rings. The predicted molar refractivity (Wildman–Crippen MR) is 115 cm³/mol. The van der Waals surface area contributed by atoms with Gasteiger partial charge in [0.25, 0.3) is 0 Å². The first kappa shape index (κ1) is 21.2. The van der Waals surface area contributed by atoms with Crippen LogP contribution >= 0.6 is 15.9 Å². The second kappa shape index (κ2) is 8.70. The fourth-order valence-corrected chi connectivity index (χ4v) is 4.39. The Morgan fingerprint density at radius 1 is 1.04 bits per heavy atom. The number of hydrogen-bond donors (Lipinski definition) is 1. The smallest absolute Gasteiger partial charge is 0.171 e. The fraction of sp³-hybridized carbons (Fsp3) is 0.429. The molecule has 142 valence electrons. The van der Waals surface area contributed by atoms with E-state index in [9.17, 15) is 0 Å². The Labute approximate surface area is 167 Å². The Morgan fingerprint density at radius 3 is 2.27 bits per heavy atom. The van der Waals surface area contributed by atoms with E-state index < -0.39 is 9.04 Å². The molecule has 0 aromatic heterocycles. The van der Waals surface area contributed by atoms with Crippen LogP contribution in [0.1, 0.15) is 51.0 Å². The van der Waals surface area contributed by atoms with Crippen LogP contribution in [0.3, 0.4) is 0 Å². The Morgan fingerprint density at radius 2 is 1.73 bits per heavy atom. The van der Waals surface area contributed by atoms with E-state index in [1.165, 1.54) is 0 Å². The molecule has 0 aliphatic heterocycles. The minimum atomic E-state index is -1.17. The van der Waals surface area contributed by atoms with E-state index in [-0.39, 0.29) is 17.6 Å². The van der Waals surface area contributed by atoms with Crippen molar-refractivity contribution in [1.29, 1.82) is 0 Å². The Hall–Kier alpha value is -1.14. The average Bonchev–Trinajstić information content (AvgIpc) is 2.53. The van der Waals surface area contributed by atoms with Gasteiger partial charge < -0.3 is 14.9 Å². The van der Waals surface area contributed by atoms with Crippen LogP contribution in [-0.4, -0.2) is 9.04 Å². The maximum Gasteiger partial charge on any atom is 0.171 e. The summed E-state index contributed by atoms with van der Waals surface area (Å²) < 4.78 is 13.4. The summed E-state index contributed by atoms with van der Waals surface area (Å²) in [6.45, 7) is 13.0. The summed E-state index contributed by atoms with van der Waals surface area (Å²) in [5, 5.41) is 0. The summed E-state index contributed by atoms with van der Waals surface area (Å²) in [5.74, 6) is 1.58. The van der Waals surface area contributed by atoms with Gasteiger partial charge in [-0.1, -0.05) is 39.0 Å². The van der Waals surface area contributed by atoms with Gasteiger partial charge in [0.05, 0.1) is 10.6 Å². The lowest BCUT2D eigenvalue weighted by molar-refractivity contribution is 0.0864. The molecule has 2 N–H and O–H groups in total. The maximum absolute atomic E-state index is 6.33. The third-order valence-electron chi connectivity index (χ3n) is 4.07. The van der Waals surface area contributed by atoms with Crippen LogP contribution < -0.4 is 10.5 Å². The minimum absolute atomic E-state index is 0.00595. The van der Waals surface area contributed by atoms with Crippen molar-refractivity contribution in [2.45, 2.75) is 52.9 Å². The quantitative estimate of drug-likeness (QED) is 0.537. The molecule has 0 saturated carbocycles. The largest absolute Gasteiger partial charge is 0.456 e. The second-order valence-corrected chi connectivity index (χ2v) is 11.3. The molecule has 2 aromatic carbocycles. The number of nitrogens with two attached hydrogens (primary N) is 1. The van der Waals surface area contributed by atoms with Crippen LogP contribution in [0.15, 0.2) is 46.9 Å². The zero-order valence-corrected chi connectivity index (χ0v) is 19.3. The number of rotatable bonds is 6. The van der Waals surface area contributed by atoms with Gasteiger partial charge in [0.2, 0.25) is 0 Å². The van der Waals surface area contributed by atoms with E-state index in [2.05, 4.69) is 61.9 Å². The van der Waals surface area contributed by atoms with Crippen molar-refractivity contribution in [1.82, 2.24) is 0 Å². The van der Waals surface area contributed by atoms with Crippen LogP contribution in [0.5, 0.6) is 11.5 Å². The van der Waals surface area contributed by atoms with Crippen molar-refractivity contribution < 1.29 is 9.16 Å². The SMILES string of the molecule is CC(N)c1ccc(Oc2cccc(C(O[SiH](C)C)C(C)(C)C)c2)c(Br)c1. The minimum Gasteiger partial charge on any atom is -0.456 e. The van der Waals surface area contributed by atoms with Crippen molar-refractivity contribution >= 4 is 25.0 Å². The van der Waals surface area contributed by atoms with Crippen molar-refractivity contribution in [3.63, 3.8) is 0 Å². The Bertz CT molecular complexity index is 741. The molecule has 3 nitrogen and oxygen atoms in total. The first-order valence-corrected chi connectivity index (χ1v) is 12.6. The van der Waals surface area contributed by atoms with Gasteiger partial charge >= 0.3 is 0 Å². The lowest BCUT2D eigenvalue weighted by Gasteiger charge is -2.33. The van der Waals surface area contributed by atoms with Gasteiger partial charge in [-0.05, 0) is 76.8 Å². The number of ether oxygens (including phenoxy) is 1. The molecule has 2 unspecified atom stereocenters. The Kier molecular flexibility index (Phi) is 7.08. The summed E-state index contributed by atoms with van der Waals surface area (Å²) in [4.78, 5) is 0. The van der Waals surface area contributed by atoms with E-state index in [0.717, 1.165) is 27.1 Å². The lowest BCUT2D eigenvalue weighted by atomic mass is 9.85. The predicted octanol–water partition coefficient (Wildman–Crippen LogP) is 6.35. The third kappa shape index (κ3) is 5.68. The number of hydrogen-bond acceptors (Lipinski definition) is 3. The summed E-state index contributed by atoms with van der Waals surface area (Å²) in [6, 6.07) is 14.2. The molecule has 2 rings (SSSR count). The highest BCUT2D eigenvalue weighted by atomic mass is 79.9. The molecular weight excluding hydrogens is 406 g/mol. The molecule has 0 amide bonds. The molecule has 0 spiro atoms. The molecule has 2 atom stereocenters. The first-order valence-electron chi connectivity index (χ1n) is 9.06. The summed E-state index contributed by atoms with van der Waals surface area (Å²) in [5.41, 5.74) is 8.19. The number of halogens is 1. The standard InChI is InChI=1S/C21H30BrNO2Si/c1-14(23)15-10-11-19(18(22)13-15)24-17-9-7-8-16(12-17)20(21(2,3)4)25-26(5)6/h7-14,20,26H,23H2,1-6H3. The highest BCUT2D eigenvalue weighted by Gasteiger charge is 2.28. The summed E-state index contributed by atoms with van der Waals surface area (Å²) in [7, 11) is -1.17. The molecule has 5 heteroatoms. The van der Waals surface area contributed by atoms with Gasteiger partial charge in [-0.15, -0.1) is 0 Å². The van der Waals surface area contributed by atoms with Gasteiger partial charge in [0.15, 0.2) is 9.04 Å². The maximum atomic E-state index is 6.33. The van der Waals surface area contributed by atoms with Crippen LogP contribution in [0.25, 0.3) is 0 Å². The molecule has 0 bridgehead atoms. The molecule has 2 aromatic rings. The van der Waals surface area contributed by atoms with Crippen molar-refractivity contribution in [2.24, 2.45) is 11.1 Å². The molecule has 0 fully saturated rings. The van der Waals surface area contributed by atoms with E-state index in [1.54, 1.807) is 0 Å². The normalized spacial score (nSPS) is 14.3. The van der Waals surface area contributed by atoms with E-state index >= 15 is 0 Å². The van der Waals surface area contributed by atoms with Crippen molar-refractivity contribution in [3.05, 3.63) is 58.1 Å². The Balaban J connectivity index is 2.28. The van der Waals surface area contributed by atoms with E-state index in [0.29, 0.717) is 0 Å². The van der Waals surface area contributed by atoms with Gasteiger partial charge in [0.1, 0.15) is 11.5 Å². The highest BCUT2D eigenvalue weighted by molar-refractivity contribution is 9.10. The number of benzene rings is 2. The van der Waals surface area contributed by atoms with Gasteiger partial charge in [-0.25, -0.2) is 0 Å². The molecule has 0 radical (unpaired) electrons.